The SMILES string of the molecule is COC(=O)c1c(CNC2CCCCC2)n(C)c2cc(Br)c(OC)cc12.Cl. The molecule has 1 saturated carbocycles. The van der Waals surface area contributed by atoms with Crippen LogP contribution in [-0.4, -0.2) is 30.8 Å². The third kappa shape index (κ3) is 4.02. The van der Waals surface area contributed by atoms with E-state index in [-0.39, 0.29) is 18.4 Å². The summed E-state index contributed by atoms with van der Waals surface area (Å²) in [5, 5.41) is 4.49. The number of nitrogens with zero attached hydrogens (tertiary/aromatic N) is 1. The van der Waals surface area contributed by atoms with Crippen molar-refractivity contribution in [3.63, 3.8) is 0 Å². The lowest BCUT2D eigenvalue weighted by Crippen LogP contribution is -2.31. The predicted molar refractivity (Wildman–Crippen MR) is 109 cm³/mol. The van der Waals surface area contributed by atoms with E-state index in [1.807, 2.05) is 19.2 Å². The maximum Gasteiger partial charge on any atom is 0.340 e. The second-order valence-corrected chi connectivity index (χ2v) is 7.45. The molecular formula is C19H26BrClN2O3. The molecule has 1 N–H and O–H groups in total. The topological polar surface area (TPSA) is 52.5 Å². The molecule has 0 bridgehead atoms. The highest BCUT2D eigenvalue weighted by Crippen LogP contribution is 2.35. The van der Waals surface area contributed by atoms with Gasteiger partial charge in [0.1, 0.15) is 5.75 Å². The monoisotopic (exact) mass is 444 g/mol. The molecule has 0 aliphatic heterocycles. The number of nitrogens with one attached hydrogen (secondary N) is 1. The average molecular weight is 446 g/mol. The maximum absolute atomic E-state index is 12.5. The largest absolute Gasteiger partial charge is 0.496 e. The van der Waals surface area contributed by atoms with Crippen molar-refractivity contribution >= 4 is 45.2 Å². The van der Waals surface area contributed by atoms with Gasteiger partial charge in [-0.2, -0.15) is 0 Å². The van der Waals surface area contributed by atoms with E-state index >= 15 is 0 Å². The standard InChI is InChI=1S/C19H25BrN2O3.ClH/c1-22-15-10-14(20)17(24-2)9-13(15)18(19(23)25-3)16(22)11-21-12-7-5-4-6-8-12;/h9-10,12,21H,4-8,11H2,1-3H3;1H. The molecule has 26 heavy (non-hydrogen) atoms. The second kappa shape index (κ2) is 9.11. The number of carbonyl (C=O) groups excluding carboxylic acids is 1. The van der Waals surface area contributed by atoms with Gasteiger partial charge in [0.2, 0.25) is 0 Å². The van der Waals surface area contributed by atoms with E-state index in [1.54, 1.807) is 7.11 Å². The van der Waals surface area contributed by atoms with Gasteiger partial charge in [-0.25, -0.2) is 4.79 Å². The van der Waals surface area contributed by atoms with Crippen LogP contribution in [0.25, 0.3) is 10.9 Å². The molecule has 2 aromatic rings. The molecule has 1 aliphatic rings. The van der Waals surface area contributed by atoms with Crippen LogP contribution >= 0.6 is 28.3 Å². The molecule has 0 spiro atoms. The number of fused-ring (bicyclic) bond motifs is 1. The Morgan fingerprint density at radius 3 is 2.58 bits per heavy atom. The first-order valence-corrected chi connectivity index (χ1v) is 9.52. The minimum Gasteiger partial charge on any atom is -0.496 e. The zero-order valence-electron chi connectivity index (χ0n) is 15.4. The summed E-state index contributed by atoms with van der Waals surface area (Å²) in [6.07, 6.45) is 6.29. The molecule has 0 saturated heterocycles. The number of aromatic nitrogens is 1. The smallest absolute Gasteiger partial charge is 0.340 e. The molecule has 0 unspecified atom stereocenters. The van der Waals surface area contributed by atoms with Crippen LogP contribution in [0, 0.1) is 0 Å². The number of halogens is 2. The number of hydrogen-bond donors (Lipinski definition) is 1. The molecule has 144 valence electrons. The molecule has 0 amide bonds. The van der Waals surface area contributed by atoms with Gasteiger partial charge in [0.25, 0.3) is 0 Å². The zero-order chi connectivity index (χ0) is 18.0. The highest BCUT2D eigenvalue weighted by Gasteiger charge is 2.24. The molecule has 0 atom stereocenters. The first kappa shape index (κ1) is 21.1. The van der Waals surface area contributed by atoms with Gasteiger partial charge in [-0.05, 0) is 40.9 Å². The highest BCUT2D eigenvalue weighted by molar-refractivity contribution is 9.10. The number of benzene rings is 1. The van der Waals surface area contributed by atoms with Gasteiger partial charge in [-0.3, -0.25) is 0 Å². The first-order chi connectivity index (χ1) is 12.1. The molecule has 1 aromatic carbocycles. The summed E-state index contributed by atoms with van der Waals surface area (Å²) in [6, 6.07) is 4.42. The lowest BCUT2D eigenvalue weighted by Gasteiger charge is -2.23. The summed E-state index contributed by atoms with van der Waals surface area (Å²) in [5.74, 6) is 0.394. The Morgan fingerprint density at radius 2 is 1.96 bits per heavy atom. The van der Waals surface area contributed by atoms with Crippen molar-refractivity contribution in [2.75, 3.05) is 14.2 Å². The first-order valence-electron chi connectivity index (χ1n) is 8.73. The molecular weight excluding hydrogens is 420 g/mol. The van der Waals surface area contributed by atoms with E-state index in [0.717, 1.165) is 21.1 Å². The van der Waals surface area contributed by atoms with Crippen LogP contribution in [0.1, 0.15) is 48.2 Å². The summed E-state index contributed by atoms with van der Waals surface area (Å²) >= 11 is 3.53. The normalized spacial score (nSPS) is 14.9. The van der Waals surface area contributed by atoms with Crippen molar-refractivity contribution in [3.8, 4) is 5.75 Å². The Balaban J connectivity index is 0.00000243. The molecule has 1 heterocycles. The quantitative estimate of drug-likeness (QED) is 0.684. The van der Waals surface area contributed by atoms with Gasteiger partial charge in [-0.15, -0.1) is 12.4 Å². The Labute approximate surface area is 168 Å². The van der Waals surface area contributed by atoms with Crippen LogP contribution in [0.15, 0.2) is 16.6 Å². The van der Waals surface area contributed by atoms with Gasteiger partial charge < -0.3 is 19.4 Å². The number of hydrogen-bond acceptors (Lipinski definition) is 4. The van der Waals surface area contributed by atoms with E-state index in [1.165, 1.54) is 39.2 Å². The lowest BCUT2D eigenvalue weighted by atomic mass is 9.95. The van der Waals surface area contributed by atoms with Crippen LogP contribution < -0.4 is 10.1 Å². The van der Waals surface area contributed by atoms with Crippen LogP contribution in [0.4, 0.5) is 0 Å². The van der Waals surface area contributed by atoms with Crippen LogP contribution in [0.2, 0.25) is 0 Å². The van der Waals surface area contributed by atoms with E-state index in [4.69, 9.17) is 9.47 Å². The van der Waals surface area contributed by atoms with Gasteiger partial charge in [0, 0.05) is 30.7 Å². The third-order valence-corrected chi connectivity index (χ3v) is 5.77. The number of carbonyl (C=O) groups is 1. The zero-order valence-corrected chi connectivity index (χ0v) is 17.8. The van der Waals surface area contributed by atoms with Crippen LogP contribution in [0.3, 0.4) is 0 Å². The van der Waals surface area contributed by atoms with Gasteiger partial charge in [0.15, 0.2) is 0 Å². The molecule has 3 rings (SSSR count). The number of rotatable bonds is 5. The van der Waals surface area contributed by atoms with Crippen molar-refractivity contribution in [1.82, 2.24) is 9.88 Å². The molecule has 7 heteroatoms. The summed E-state index contributed by atoms with van der Waals surface area (Å²) in [5.41, 5.74) is 2.55. The van der Waals surface area contributed by atoms with E-state index < -0.39 is 0 Å². The van der Waals surface area contributed by atoms with Crippen LogP contribution in [-0.2, 0) is 18.3 Å². The molecule has 0 radical (unpaired) electrons. The summed E-state index contributed by atoms with van der Waals surface area (Å²) in [6.45, 7) is 0.653. The van der Waals surface area contributed by atoms with Gasteiger partial charge in [0.05, 0.1) is 29.8 Å². The minimum atomic E-state index is -0.310. The van der Waals surface area contributed by atoms with E-state index in [2.05, 4.69) is 25.8 Å². The number of aryl methyl sites for hydroxylation is 1. The molecule has 1 aliphatic carbocycles. The molecule has 1 aromatic heterocycles. The number of ether oxygens (including phenoxy) is 2. The minimum absolute atomic E-state index is 0. The molecule has 1 fully saturated rings. The van der Waals surface area contributed by atoms with Crippen molar-refractivity contribution in [1.29, 1.82) is 0 Å². The van der Waals surface area contributed by atoms with Crippen molar-refractivity contribution in [3.05, 3.63) is 27.9 Å². The number of esters is 1. The van der Waals surface area contributed by atoms with Crippen molar-refractivity contribution in [2.45, 2.75) is 44.7 Å². The van der Waals surface area contributed by atoms with Gasteiger partial charge in [-0.1, -0.05) is 19.3 Å². The summed E-state index contributed by atoms with van der Waals surface area (Å²) < 4.78 is 13.4. The van der Waals surface area contributed by atoms with Crippen molar-refractivity contribution < 1.29 is 14.3 Å². The Hall–Kier alpha value is -1.24. The van der Waals surface area contributed by atoms with Crippen molar-refractivity contribution in [2.24, 2.45) is 7.05 Å². The maximum atomic E-state index is 12.5. The summed E-state index contributed by atoms with van der Waals surface area (Å²) in [7, 11) is 5.04. The fourth-order valence-electron chi connectivity index (χ4n) is 3.73. The predicted octanol–water partition coefficient (Wildman–Crippen LogP) is 4.58. The van der Waals surface area contributed by atoms with E-state index in [9.17, 15) is 4.79 Å². The Morgan fingerprint density at radius 1 is 1.27 bits per heavy atom. The molecule has 5 nitrogen and oxygen atoms in total. The Kier molecular flexibility index (Phi) is 7.38. The third-order valence-electron chi connectivity index (χ3n) is 5.15. The lowest BCUT2D eigenvalue weighted by molar-refractivity contribution is 0.0601. The van der Waals surface area contributed by atoms with Gasteiger partial charge >= 0.3 is 5.97 Å². The van der Waals surface area contributed by atoms with E-state index in [0.29, 0.717) is 23.9 Å². The number of methoxy groups -OCH3 is 2. The van der Waals surface area contributed by atoms with Crippen LogP contribution in [0.5, 0.6) is 5.75 Å². The highest BCUT2D eigenvalue weighted by atomic mass is 79.9. The average Bonchev–Trinajstić information content (AvgIpc) is 2.90. The fourth-order valence-corrected chi connectivity index (χ4v) is 4.22. The summed E-state index contributed by atoms with van der Waals surface area (Å²) in [4.78, 5) is 12.5. The fraction of sp³-hybridized carbons (Fsp3) is 0.526. The Bertz CT molecular complexity index is 785. The second-order valence-electron chi connectivity index (χ2n) is 6.59.